The van der Waals surface area contributed by atoms with E-state index in [2.05, 4.69) is 0 Å². The molecule has 3 saturated carbocycles. The van der Waals surface area contributed by atoms with E-state index < -0.39 is 28.6 Å². The number of carboxylic acid groups (broad SMARTS) is 1. The fourth-order valence-corrected chi connectivity index (χ4v) is 2.91. The van der Waals surface area contributed by atoms with Gasteiger partial charge in [0.1, 0.15) is 0 Å². The zero-order valence-corrected chi connectivity index (χ0v) is 6.31. The zero-order chi connectivity index (χ0) is 8.78. The third-order valence-corrected chi connectivity index (χ3v) is 3.92. The Kier molecular flexibility index (Phi) is 0.735. The second kappa shape index (κ2) is 1.30. The molecular formula is C8H8F2O2. The molecule has 0 aromatic carbocycles. The Morgan fingerprint density at radius 2 is 2.00 bits per heavy atom. The maximum Gasteiger partial charge on any atom is 0.307 e. The lowest BCUT2D eigenvalue weighted by Gasteiger charge is -1.92. The van der Waals surface area contributed by atoms with Gasteiger partial charge in [0.15, 0.2) is 0 Å². The molecule has 12 heavy (non-hydrogen) atoms. The van der Waals surface area contributed by atoms with Gasteiger partial charge in [0.05, 0.1) is 5.92 Å². The second-order valence-corrected chi connectivity index (χ2v) is 4.39. The lowest BCUT2D eigenvalue weighted by atomic mass is 10.2. The summed E-state index contributed by atoms with van der Waals surface area (Å²) >= 11 is 0. The van der Waals surface area contributed by atoms with Gasteiger partial charge in [-0.25, -0.2) is 8.78 Å². The van der Waals surface area contributed by atoms with Crippen molar-refractivity contribution in [1.82, 2.24) is 0 Å². The molecule has 0 heterocycles. The van der Waals surface area contributed by atoms with Crippen molar-refractivity contribution in [3.05, 3.63) is 0 Å². The molecule has 0 saturated heterocycles. The van der Waals surface area contributed by atoms with Gasteiger partial charge in [-0.2, -0.15) is 0 Å². The highest BCUT2D eigenvalue weighted by Crippen LogP contribution is 2.95. The average molecular weight is 174 g/mol. The van der Waals surface area contributed by atoms with Gasteiger partial charge in [-0.1, -0.05) is 0 Å². The van der Waals surface area contributed by atoms with Crippen molar-refractivity contribution in [2.75, 3.05) is 0 Å². The van der Waals surface area contributed by atoms with Gasteiger partial charge in [-0.3, -0.25) is 4.79 Å². The predicted molar refractivity (Wildman–Crippen MR) is 34.8 cm³/mol. The Hall–Kier alpha value is -0.670. The summed E-state index contributed by atoms with van der Waals surface area (Å²) < 4.78 is 25.5. The molecule has 2 spiro atoms. The van der Waals surface area contributed by atoms with Crippen molar-refractivity contribution in [2.45, 2.75) is 25.2 Å². The summed E-state index contributed by atoms with van der Waals surface area (Å²) in [5.74, 6) is -3.91. The van der Waals surface area contributed by atoms with Crippen LogP contribution in [0.4, 0.5) is 8.78 Å². The first kappa shape index (κ1) is 6.80. The van der Waals surface area contributed by atoms with Gasteiger partial charge >= 0.3 is 5.97 Å². The number of fused-ring (bicyclic) bond motifs is 1. The largest absolute Gasteiger partial charge is 0.481 e. The van der Waals surface area contributed by atoms with E-state index in [4.69, 9.17) is 5.11 Å². The van der Waals surface area contributed by atoms with Gasteiger partial charge in [-0.15, -0.1) is 0 Å². The first-order chi connectivity index (χ1) is 5.45. The van der Waals surface area contributed by atoms with E-state index in [0.717, 1.165) is 0 Å². The number of hydrogen-bond acceptors (Lipinski definition) is 1. The number of halogens is 2. The van der Waals surface area contributed by atoms with Gasteiger partial charge in [0.25, 0.3) is 5.92 Å². The van der Waals surface area contributed by atoms with Crippen molar-refractivity contribution in [3.63, 3.8) is 0 Å². The molecule has 0 aromatic rings. The number of carbonyl (C=O) groups is 1. The molecule has 3 rings (SSSR count). The standard InChI is InChI=1S/C8H8F2O2/c9-8(10)3-7(8)2-6(7)1-4(6)5(11)12/h4H,1-3H2,(H,11,12)/t4-,6-,7-/m1/s1. The van der Waals surface area contributed by atoms with E-state index in [9.17, 15) is 13.6 Å². The normalized spacial score (nSPS) is 57.3. The first-order valence-corrected chi connectivity index (χ1v) is 4.06. The molecule has 1 N–H and O–H groups in total. The highest BCUT2D eigenvalue weighted by atomic mass is 19.3. The van der Waals surface area contributed by atoms with E-state index in [0.29, 0.717) is 12.8 Å². The maximum atomic E-state index is 12.8. The molecule has 3 fully saturated rings. The molecule has 0 aromatic heterocycles. The second-order valence-electron chi connectivity index (χ2n) is 4.39. The zero-order valence-electron chi connectivity index (χ0n) is 6.31. The molecule has 0 amide bonds. The molecule has 2 nitrogen and oxygen atoms in total. The van der Waals surface area contributed by atoms with E-state index in [-0.39, 0.29) is 6.42 Å². The SMILES string of the molecule is O=C(O)[C@H]1C[C@@]12C[C@@]21CC1(F)F. The minimum absolute atomic E-state index is 0.0657. The molecule has 3 aliphatic carbocycles. The highest BCUT2D eigenvalue weighted by molar-refractivity contribution is 5.77. The van der Waals surface area contributed by atoms with Crippen LogP contribution in [0.25, 0.3) is 0 Å². The van der Waals surface area contributed by atoms with Crippen molar-refractivity contribution in [3.8, 4) is 0 Å². The van der Waals surface area contributed by atoms with Gasteiger partial charge in [0, 0.05) is 11.8 Å². The van der Waals surface area contributed by atoms with Crippen molar-refractivity contribution < 1.29 is 18.7 Å². The van der Waals surface area contributed by atoms with Crippen LogP contribution < -0.4 is 0 Å². The molecule has 3 aliphatic rings. The van der Waals surface area contributed by atoms with Crippen LogP contribution in [0.3, 0.4) is 0 Å². The summed E-state index contributed by atoms with van der Waals surface area (Å²) in [6.45, 7) is 0. The van der Waals surface area contributed by atoms with Crippen LogP contribution >= 0.6 is 0 Å². The third kappa shape index (κ3) is 0.441. The number of carboxylic acids is 1. The van der Waals surface area contributed by atoms with Crippen LogP contribution in [0, 0.1) is 16.7 Å². The van der Waals surface area contributed by atoms with Crippen LogP contribution in [0.2, 0.25) is 0 Å². The fourth-order valence-electron chi connectivity index (χ4n) is 2.91. The predicted octanol–water partition coefficient (Wildman–Crippen LogP) is 1.51. The Bertz CT molecular complexity index is 301. The average Bonchev–Trinajstić information content (AvgIpc) is 2.76. The van der Waals surface area contributed by atoms with E-state index in [1.54, 1.807) is 0 Å². The Morgan fingerprint density at radius 3 is 2.25 bits per heavy atom. The maximum absolute atomic E-state index is 12.8. The molecule has 0 aliphatic heterocycles. The molecular weight excluding hydrogens is 166 g/mol. The van der Waals surface area contributed by atoms with Crippen molar-refractivity contribution in [2.24, 2.45) is 16.7 Å². The molecule has 4 heteroatoms. The van der Waals surface area contributed by atoms with Crippen LogP contribution in [-0.4, -0.2) is 17.0 Å². The third-order valence-electron chi connectivity index (χ3n) is 3.92. The Balaban J connectivity index is 1.83. The summed E-state index contributed by atoms with van der Waals surface area (Å²) in [5, 5.41) is 8.61. The van der Waals surface area contributed by atoms with E-state index >= 15 is 0 Å². The number of aliphatic carboxylic acids is 1. The monoisotopic (exact) mass is 174 g/mol. The van der Waals surface area contributed by atoms with Gasteiger partial charge in [-0.05, 0) is 18.3 Å². The summed E-state index contributed by atoms with van der Waals surface area (Å²) in [5.41, 5.74) is -1.33. The van der Waals surface area contributed by atoms with Crippen LogP contribution in [0.1, 0.15) is 19.3 Å². The fraction of sp³-hybridized carbons (Fsp3) is 0.875. The summed E-state index contributed by atoms with van der Waals surface area (Å²) in [6, 6.07) is 0. The molecule has 0 bridgehead atoms. The summed E-state index contributed by atoms with van der Waals surface area (Å²) in [7, 11) is 0. The molecule has 0 unspecified atom stereocenters. The van der Waals surface area contributed by atoms with Crippen molar-refractivity contribution >= 4 is 5.97 Å². The summed E-state index contributed by atoms with van der Waals surface area (Å²) in [6.07, 6.45) is 0.867. The minimum Gasteiger partial charge on any atom is -0.481 e. The number of hydrogen-bond donors (Lipinski definition) is 1. The Morgan fingerprint density at radius 1 is 1.42 bits per heavy atom. The van der Waals surface area contributed by atoms with Gasteiger partial charge < -0.3 is 5.11 Å². The molecule has 3 atom stereocenters. The summed E-state index contributed by atoms with van der Waals surface area (Å²) in [4.78, 5) is 10.5. The minimum atomic E-state index is -2.54. The number of alkyl halides is 2. The highest BCUT2D eigenvalue weighted by Gasteiger charge is 2.97. The molecule has 0 radical (unpaired) electrons. The smallest absolute Gasteiger partial charge is 0.307 e. The topological polar surface area (TPSA) is 37.3 Å². The van der Waals surface area contributed by atoms with Crippen LogP contribution in [0.5, 0.6) is 0 Å². The quantitative estimate of drug-likeness (QED) is 0.654. The first-order valence-electron chi connectivity index (χ1n) is 4.06. The Labute approximate surface area is 67.6 Å². The number of rotatable bonds is 1. The van der Waals surface area contributed by atoms with Gasteiger partial charge in [0.2, 0.25) is 0 Å². The van der Waals surface area contributed by atoms with Crippen LogP contribution in [0.15, 0.2) is 0 Å². The van der Waals surface area contributed by atoms with E-state index in [1.807, 2.05) is 0 Å². The van der Waals surface area contributed by atoms with Crippen molar-refractivity contribution in [1.29, 1.82) is 0 Å². The lowest BCUT2D eigenvalue weighted by Crippen LogP contribution is -2.03. The lowest BCUT2D eigenvalue weighted by molar-refractivity contribution is -0.139. The molecule has 66 valence electrons. The van der Waals surface area contributed by atoms with E-state index in [1.165, 1.54) is 0 Å². The van der Waals surface area contributed by atoms with Crippen LogP contribution in [-0.2, 0) is 4.79 Å².